The van der Waals surface area contributed by atoms with Crippen LogP contribution >= 0.6 is 12.4 Å². The van der Waals surface area contributed by atoms with Gasteiger partial charge in [-0.3, -0.25) is 0 Å². The van der Waals surface area contributed by atoms with E-state index in [0.717, 1.165) is 26.0 Å². The Kier molecular flexibility index (Phi) is 3.33. The summed E-state index contributed by atoms with van der Waals surface area (Å²) in [4.78, 5) is 0. The van der Waals surface area contributed by atoms with E-state index in [1.54, 1.807) is 0 Å². The molecule has 2 N–H and O–H groups in total. The summed E-state index contributed by atoms with van der Waals surface area (Å²) in [5.41, 5.74) is 11.3. The number of hydrogen-bond acceptors (Lipinski definition) is 2. The maximum absolute atomic E-state index is 5.64. The van der Waals surface area contributed by atoms with E-state index in [0.29, 0.717) is 0 Å². The summed E-state index contributed by atoms with van der Waals surface area (Å²) in [7, 11) is 0. The molecule has 0 aromatic heterocycles. The minimum Gasteiger partial charge on any atom is -0.365 e. The quantitative estimate of drug-likeness (QED) is 0.800. The molecular weight excluding hydrogens is 222 g/mol. The van der Waals surface area contributed by atoms with Crippen LogP contribution in [-0.4, -0.2) is 19.3 Å². The van der Waals surface area contributed by atoms with Crippen molar-refractivity contribution in [2.24, 2.45) is 5.73 Å². The summed E-state index contributed by atoms with van der Waals surface area (Å²) in [6.45, 7) is 1.47. The monoisotopic (exact) mass is 237 g/mol. The van der Waals surface area contributed by atoms with E-state index in [1.807, 2.05) is 0 Å². The molecular formula is C13H16ClNO. The molecule has 2 aliphatic carbocycles. The molecule has 0 radical (unpaired) electrons. The second-order valence-corrected chi connectivity index (χ2v) is 4.14. The minimum atomic E-state index is 0. The largest absolute Gasteiger partial charge is 0.365 e. The average Bonchev–Trinajstić information content (AvgIpc) is 2.83. The van der Waals surface area contributed by atoms with E-state index in [-0.39, 0.29) is 18.5 Å². The molecule has 86 valence electrons. The molecule has 3 rings (SSSR count). The van der Waals surface area contributed by atoms with Gasteiger partial charge < -0.3 is 10.5 Å². The maximum Gasteiger partial charge on any atom is 0.102 e. The predicted octanol–water partition coefficient (Wildman–Crippen LogP) is 2.28. The Morgan fingerprint density at radius 3 is 3.06 bits per heavy atom. The number of allylic oxidation sites excluding steroid dienone is 3. The lowest BCUT2D eigenvalue weighted by Gasteiger charge is -2.20. The van der Waals surface area contributed by atoms with Crippen LogP contribution in [0, 0.1) is 0 Å². The summed E-state index contributed by atoms with van der Waals surface area (Å²) in [5.74, 6) is 0. The first-order chi connectivity index (χ1) is 7.40. The average molecular weight is 238 g/mol. The van der Waals surface area contributed by atoms with E-state index < -0.39 is 0 Å². The third-order valence-corrected chi connectivity index (χ3v) is 3.27. The van der Waals surface area contributed by atoms with Crippen molar-refractivity contribution in [2.45, 2.75) is 18.9 Å². The van der Waals surface area contributed by atoms with Crippen LogP contribution in [-0.2, 0) is 4.74 Å². The van der Waals surface area contributed by atoms with Crippen molar-refractivity contribution in [3.8, 4) is 0 Å². The van der Waals surface area contributed by atoms with Crippen molar-refractivity contribution < 1.29 is 4.74 Å². The molecule has 0 amide bonds. The summed E-state index contributed by atoms with van der Waals surface area (Å²) in [5, 5.41) is 0. The third-order valence-electron chi connectivity index (χ3n) is 3.27. The zero-order valence-electron chi connectivity index (χ0n) is 9.11. The standard InChI is InChI=1S/C13H15NO.ClH/c14-7-5-10-2-1-9-3-4-12-11(13(9)10)6-8-15-12;/h2-4,6,12H,1,5,7-8,14H2;1H. The Hall–Kier alpha value is -0.830. The van der Waals surface area contributed by atoms with E-state index in [4.69, 9.17) is 10.5 Å². The zero-order chi connectivity index (χ0) is 10.3. The zero-order valence-corrected chi connectivity index (χ0v) is 9.93. The molecule has 1 unspecified atom stereocenters. The van der Waals surface area contributed by atoms with Gasteiger partial charge in [-0.05, 0) is 41.7 Å². The van der Waals surface area contributed by atoms with Crippen LogP contribution < -0.4 is 5.73 Å². The smallest absolute Gasteiger partial charge is 0.102 e. The van der Waals surface area contributed by atoms with Gasteiger partial charge in [-0.25, -0.2) is 0 Å². The Bertz CT molecular complexity index is 418. The number of fused-ring (bicyclic) bond motifs is 2. The first-order valence-electron chi connectivity index (χ1n) is 5.53. The second-order valence-electron chi connectivity index (χ2n) is 4.14. The van der Waals surface area contributed by atoms with Crippen molar-refractivity contribution in [3.63, 3.8) is 0 Å². The van der Waals surface area contributed by atoms with Crippen molar-refractivity contribution in [3.05, 3.63) is 46.6 Å². The molecule has 1 atom stereocenters. The molecule has 16 heavy (non-hydrogen) atoms. The topological polar surface area (TPSA) is 35.2 Å². The van der Waals surface area contributed by atoms with Crippen LogP contribution in [0.5, 0.6) is 0 Å². The number of nitrogens with two attached hydrogens (primary N) is 1. The Morgan fingerprint density at radius 2 is 2.25 bits per heavy atom. The van der Waals surface area contributed by atoms with Gasteiger partial charge in [0.2, 0.25) is 0 Å². The summed E-state index contributed by atoms with van der Waals surface area (Å²) in [6.07, 6.45) is 11.1. The number of rotatable bonds is 2. The van der Waals surface area contributed by atoms with Crippen LogP contribution in [0.1, 0.15) is 12.8 Å². The highest BCUT2D eigenvalue weighted by molar-refractivity contribution is 5.85. The van der Waals surface area contributed by atoms with Crippen LogP contribution in [0.3, 0.4) is 0 Å². The maximum atomic E-state index is 5.64. The molecule has 0 aromatic rings. The highest BCUT2D eigenvalue weighted by Gasteiger charge is 2.29. The first kappa shape index (κ1) is 11.6. The Morgan fingerprint density at radius 1 is 1.38 bits per heavy atom. The fourth-order valence-electron chi connectivity index (χ4n) is 2.60. The number of halogens is 1. The molecule has 1 aliphatic heterocycles. The lowest BCUT2D eigenvalue weighted by Crippen LogP contribution is -2.13. The molecule has 0 saturated carbocycles. The number of ether oxygens (including phenoxy) is 1. The normalized spacial score (nSPS) is 25.9. The molecule has 0 aromatic carbocycles. The van der Waals surface area contributed by atoms with E-state index >= 15 is 0 Å². The van der Waals surface area contributed by atoms with Gasteiger partial charge in [0.25, 0.3) is 0 Å². The SMILES string of the molecule is Cl.NCCC1=CCC2=C1C1=CCOC1C=C2. The summed E-state index contributed by atoms with van der Waals surface area (Å²) >= 11 is 0. The minimum absolute atomic E-state index is 0. The number of hydrogen-bond donors (Lipinski definition) is 1. The van der Waals surface area contributed by atoms with Crippen molar-refractivity contribution >= 4 is 12.4 Å². The second kappa shape index (κ2) is 4.58. The lowest BCUT2D eigenvalue weighted by atomic mass is 9.88. The third kappa shape index (κ3) is 1.67. The van der Waals surface area contributed by atoms with Crippen LogP contribution in [0.25, 0.3) is 0 Å². The van der Waals surface area contributed by atoms with Crippen LogP contribution in [0.15, 0.2) is 46.6 Å². The Labute approximate surface area is 102 Å². The predicted molar refractivity (Wildman–Crippen MR) is 67.6 cm³/mol. The van der Waals surface area contributed by atoms with E-state index in [1.165, 1.54) is 22.3 Å². The lowest BCUT2D eigenvalue weighted by molar-refractivity contribution is 0.156. The van der Waals surface area contributed by atoms with Gasteiger partial charge in [-0.2, -0.15) is 0 Å². The fourth-order valence-corrected chi connectivity index (χ4v) is 2.60. The van der Waals surface area contributed by atoms with Crippen LogP contribution in [0.2, 0.25) is 0 Å². The van der Waals surface area contributed by atoms with Gasteiger partial charge in [0.1, 0.15) is 6.10 Å². The highest BCUT2D eigenvalue weighted by atomic mass is 35.5. The molecule has 0 saturated heterocycles. The summed E-state index contributed by atoms with van der Waals surface area (Å²) in [6, 6.07) is 0. The van der Waals surface area contributed by atoms with E-state index in [9.17, 15) is 0 Å². The van der Waals surface area contributed by atoms with Gasteiger partial charge in [-0.15, -0.1) is 12.4 Å². The van der Waals surface area contributed by atoms with Gasteiger partial charge in [0, 0.05) is 0 Å². The molecule has 1 heterocycles. The molecule has 0 spiro atoms. The Balaban J connectivity index is 0.000000963. The molecule has 0 fully saturated rings. The molecule has 3 heteroatoms. The van der Waals surface area contributed by atoms with Gasteiger partial charge in [-0.1, -0.05) is 24.3 Å². The summed E-state index contributed by atoms with van der Waals surface area (Å²) < 4.78 is 5.62. The van der Waals surface area contributed by atoms with Gasteiger partial charge in [0.15, 0.2) is 0 Å². The van der Waals surface area contributed by atoms with Crippen molar-refractivity contribution in [2.75, 3.05) is 13.2 Å². The molecule has 3 aliphatic rings. The van der Waals surface area contributed by atoms with Crippen molar-refractivity contribution in [1.82, 2.24) is 0 Å². The van der Waals surface area contributed by atoms with Crippen molar-refractivity contribution in [1.29, 1.82) is 0 Å². The molecule has 2 nitrogen and oxygen atoms in total. The van der Waals surface area contributed by atoms with E-state index in [2.05, 4.69) is 24.3 Å². The van der Waals surface area contributed by atoms with Gasteiger partial charge >= 0.3 is 0 Å². The highest BCUT2D eigenvalue weighted by Crippen LogP contribution is 2.41. The van der Waals surface area contributed by atoms with Crippen LogP contribution in [0.4, 0.5) is 0 Å². The molecule has 0 bridgehead atoms. The van der Waals surface area contributed by atoms with Gasteiger partial charge in [0.05, 0.1) is 6.61 Å². The fraction of sp³-hybridized carbons (Fsp3) is 0.385. The first-order valence-corrected chi connectivity index (χ1v) is 5.53.